The van der Waals surface area contributed by atoms with E-state index in [1.165, 1.54) is 0 Å². The van der Waals surface area contributed by atoms with E-state index in [1.807, 2.05) is 54.6 Å². The number of halogens is 1. The van der Waals surface area contributed by atoms with Crippen LogP contribution in [0.25, 0.3) is 22.2 Å². The first-order valence-corrected chi connectivity index (χ1v) is 11.1. The molecule has 0 unspecified atom stereocenters. The van der Waals surface area contributed by atoms with Crippen LogP contribution in [0.1, 0.15) is 51.2 Å². The van der Waals surface area contributed by atoms with Crippen molar-refractivity contribution in [1.82, 2.24) is 9.88 Å². The van der Waals surface area contributed by atoms with Crippen LogP contribution in [0.5, 0.6) is 0 Å². The van der Waals surface area contributed by atoms with Gasteiger partial charge in [0.15, 0.2) is 0 Å². The molecule has 29 heavy (non-hydrogen) atoms. The Morgan fingerprint density at radius 1 is 0.966 bits per heavy atom. The second kappa shape index (κ2) is 10.7. The topological polar surface area (TPSA) is 36.4 Å². The van der Waals surface area contributed by atoms with Crippen LogP contribution in [0.2, 0.25) is 5.02 Å². The average molecular weight is 411 g/mol. The molecule has 0 radical (unpaired) electrons. The van der Waals surface area contributed by atoms with Crippen molar-refractivity contribution >= 4 is 22.5 Å². The zero-order valence-electron chi connectivity index (χ0n) is 17.4. The fourth-order valence-corrected chi connectivity index (χ4v) is 3.83. The summed E-state index contributed by atoms with van der Waals surface area (Å²) in [6.45, 7) is 7.10. The van der Waals surface area contributed by atoms with Crippen LogP contribution in [0, 0.1) is 0 Å². The first-order chi connectivity index (χ1) is 14.1. The quantitative estimate of drug-likeness (QED) is 0.415. The van der Waals surface area contributed by atoms with Gasteiger partial charge in [-0.05, 0) is 49.7 Å². The maximum absolute atomic E-state index is 11.2. The van der Waals surface area contributed by atoms with Crippen LogP contribution >= 0.6 is 11.6 Å². The number of rotatable bonds is 10. The molecule has 0 aliphatic rings. The van der Waals surface area contributed by atoms with Gasteiger partial charge in [-0.15, -0.1) is 0 Å². The molecule has 1 atom stereocenters. The highest BCUT2D eigenvalue weighted by Gasteiger charge is 2.18. The molecule has 0 saturated heterocycles. The number of pyridine rings is 1. The molecule has 1 heterocycles. The average Bonchev–Trinajstić information content (AvgIpc) is 2.75. The first-order valence-electron chi connectivity index (χ1n) is 10.7. The second-order valence-corrected chi connectivity index (χ2v) is 8.08. The maximum Gasteiger partial charge on any atom is 0.0924 e. The van der Waals surface area contributed by atoms with E-state index in [9.17, 15) is 5.11 Å². The van der Waals surface area contributed by atoms with Gasteiger partial charge in [0.2, 0.25) is 0 Å². The van der Waals surface area contributed by atoms with Gasteiger partial charge in [-0.25, -0.2) is 4.98 Å². The fraction of sp³-hybridized carbons (Fsp3) is 0.400. The largest absolute Gasteiger partial charge is 0.387 e. The van der Waals surface area contributed by atoms with Crippen LogP contribution < -0.4 is 0 Å². The molecule has 1 N–H and O–H groups in total. The fourth-order valence-electron chi connectivity index (χ4n) is 3.66. The molecule has 3 rings (SSSR count). The van der Waals surface area contributed by atoms with Gasteiger partial charge in [0.1, 0.15) is 0 Å². The molecular weight excluding hydrogens is 380 g/mol. The molecule has 0 aliphatic carbocycles. The van der Waals surface area contributed by atoms with E-state index in [0.29, 0.717) is 11.6 Å². The van der Waals surface area contributed by atoms with Gasteiger partial charge in [0, 0.05) is 22.5 Å². The third kappa shape index (κ3) is 5.79. The van der Waals surface area contributed by atoms with Crippen LogP contribution in [0.4, 0.5) is 0 Å². The number of nitrogens with zero attached hydrogens (tertiary/aromatic N) is 2. The van der Waals surface area contributed by atoms with Crippen molar-refractivity contribution in [2.24, 2.45) is 0 Å². The van der Waals surface area contributed by atoms with Crippen molar-refractivity contribution in [3.8, 4) is 11.3 Å². The van der Waals surface area contributed by atoms with E-state index < -0.39 is 6.10 Å². The van der Waals surface area contributed by atoms with E-state index >= 15 is 0 Å². The van der Waals surface area contributed by atoms with Crippen LogP contribution in [-0.4, -0.2) is 34.6 Å². The van der Waals surface area contributed by atoms with E-state index in [2.05, 4.69) is 18.7 Å². The third-order valence-corrected chi connectivity index (χ3v) is 5.55. The molecule has 154 valence electrons. The molecule has 0 spiro atoms. The third-order valence-electron chi connectivity index (χ3n) is 5.32. The molecule has 0 bridgehead atoms. The molecule has 4 heteroatoms. The lowest BCUT2D eigenvalue weighted by Gasteiger charge is -2.26. The van der Waals surface area contributed by atoms with Gasteiger partial charge in [-0.2, -0.15) is 0 Å². The van der Waals surface area contributed by atoms with Crippen molar-refractivity contribution in [3.05, 3.63) is 65.2 Å². The molecule has 0 fully saturated rings. The summed E-state index contributed by atoms with van der Waals surface area (Å²) in [6, 6.07) is 17.9. The Morgan fingerprint density at radius 2 is 1.66 bits per heavy atom. The summed E-state index contributed by atoms with van der Waals surface area (Å²) in [4.78, 5) is 7.21. The Bertz CT molecular complexity index is 905. The summed E-state index contributed by atoms with van der Waals surface area (Å²) in [5.74, 6) is 0. The Balaban J connectivity index is 1.97. The van der Waals surface area contributed by atoms with E-state index in [0.717, 1.165) is 66.5 Å². The number of aliphatic hydroxyl groups is 1. The normalized spacial score (nSPS) is 12.6. The number of unbranched alkanes of at least 4 members (excludes halogenated alkanes) is 2. The highest BCUT2D eigenvalue weighted by molar-refractivity contribution is 6.31. The Kier molecular flexibility index (Phi) is 8.05. The molecular formula is C25H31ClN2O. The smallest absolute Gasteiger partial charge is 0.0924 e. The minimum absolute atomic E-state index is 0.571. The van der Waals surface area contributed by atoms with Crippen LogP contribution in [0.15, 0.2) is 54.6 Å². The molecule has 2 aromatic carbocycles. The number of aliphatic hydroxyl groups excluding tert-OH is 1. The second-order valence-electron chi connectivity index (χ2n) is 7.65. The molecule has 3 nitrogen and oxygen atoms in total. The molecule has 3 aromatic rings. The number of benzene rings is 2. The van der Waals surface area contributed by atoms with Crippen molar-refractivity contribution in [3.63, 3.8) is 0 Å². The predicted octanol–water partition coefficient (Wildman–Crippen LogP) is 6.49. The predicted molar refractivity (Wildman–Crippen MR) is 123 cm³/mol. The SMILES string of the molecule is CCCCN(CCCC)C[C@@H](O)c1cc(-c2ccccc2)nc2cc(Cl)ccc12. The minimum atomic E-state index is -0.571. The van der Waals surface area contributed by atoms with Gasteiger partial charge >= 0.3 is 0 Å². The number of fused-ring (bicyclic) bond motifs is 1. The summed E-state index contributed by atoms with van der Waals surface area (Å²) in [7, 11) is 0. The number of aromatic nitrogens is 1. The summed E-state index contributed by atoms with van der Waals surface area (Å²) in [6.07, 6.45) is 4.05. The molecule has 1 aromatic heterocycles. The first kappa shape index (κ1) is 21.8. The molecule has 0 amide bonds. The lowest BCUT2D eigenvalue weighted by atomic mass is 9.99. The van der Waals surface area contributed by atoms with Crippen molar-refractivity contribution in [2.75, 3.05) is 19.6 Å². The van der Waals surface area contributed by atoms with Gasteiger partial charge < -0.3 is 10.0 Å². The monoisotopic (exact) mass is 410 g/mol. The van der Waals surface area contributed by atoms with Crippen molar-refractivity contribution < 1.29 is 5.11 Å². The van der Waals surface area contributed by atoms with E-state index in [1.54, 1.807) is 0 Å². The summed E-state index contributed by atoms with van der Waals surface area (Å²) in [5, 5.41) is 12.8. The van der Waals surface area contributed by atoms with Gasteiger partial charge in [-0.1, -0.05) is 74.7 Å². The molecule has 0 aliphatic heterocycles. The van der Waals surface area contributed by atoms with Gasteiger partial charge in [0.25, 0.3) is 0 Å². The van der Waals surface area contributed by atoms with Crippen molar-refractivity contribution in [1.29, 1.82) is 0 Å². The van der Waals surface area contributed by atoms with Gasteiger partial charge in [-0.3, -0.25) is 0 Å². The maximum atomic E-state index is 11.2. The van der Waals surface area contributed by atoms with E-state index in [4.69, 9.17) is 16.6 Å². The minimum Gasteiger partial charge on any atom is -0.387 e. The zero-order valence-corrected chi connectivity index (χ0v) is 18.2. The van der Waals surface area contributed by atoms with Crippen LogP contribution in [0.3, 0.4) is 0 Å². The Labute approximate surface area is 179 Å². The highest BCUT2D eigenvalue weighted by Crippen LogP contribution is 2.30. The summed E-state index contributed by atoms with van der Waals surface area (Å²) in [5.41, 5.74) is 3.64. The summed E-state index contributed by atoms with van der Waals surface area (Å²) < 4.78 is 0. The number of hydrogen-bond donors (Lipinski definition) is 1. The number of hydrogen-bond acceptors (Lipinski definition) is 3. The lowest BCUT2D eigenvalue weighted by Crippen LogP contribution is -2.31. The zero-order chi connectivity index (χ0) is 20.6. The lowest BCUT2D eigenvalue weighted by molar-refractivity contribution is 0.112. The van der Waals surface area contributed by atoms with Crippen LogP contribution in [-0.2, 0) is 0 Å². The standard InChI is InChI=1S/C25H31ClN2O/c1-3-5-14-28(15-6-4-2)18-25(29)22-17-23(19-10-8-7-9-11-19)27-24-16-20(26)12-13-21(22)24/h7-13,16-17,25,29H,3-6,14-15,18H2,1-2H3/t25-/m1/s1. The Morgan fingerprint density at radius 3 is 2.31 bits per heavy atom. The van der Waals surface area contributed by atoms with Gasteiger partial charge in [0.05, 0.1) is 17.3 Å². The van der Waals surface area contributed by atoms with E-state index in [-0.39, 0.29) is 0 Å². The Hall–Kier alpha value is -1.94. The summed E-state index contributed by atoms with van der Waals surface area (Å²) >= 11 is 6.24. The highest BCUT2D eigenvalue weighted by atomic mass is 35.5. The molecule has 0 saturated carbocycles. The van der Waals surface area contributed by atoms with Crippen molar-refractivity contribution in [2.45, 2.75) is 45.6 Å².